The third-order valence-corrected chi connectivity index (χ3v) is 3.09. The Bertz CT molecular complexity index is 444. The van der Waals surface area contributed by atoms with Gasteiger partial charge in [-0.1, -0.05) is 31.2 Å². The Labute approximate surface area is 109 Å². The van der Waals surface area contributed by atoms with Gasteiger partial charge in [0.05, 0.1) is 12.5 Å². The van der Waals surface area contributed by atoms with Crippen molar-refractivity contribution in [1.29, 1.82) is 0 Å². The van der Waals surface area contributed by atoms with Crippen molar-refractivity contribution in [1.82, 2.24) is 5.32 Å². The lowest BCUT2D eigenvalue weighted by Gasteiger charge is -2.13. The number of rotatable bonds is 6. The van der Waals surface area contributed by atoms with Crippen LogP contribution in [-0.2, 0) is 6.42 Å². The van der Waals surface area contributed by atoms with Crippen LogP contribution < -0.4 is 5.32 Å². The van der Waals surface area contributed by atoms with Crippen molar-refractivity contribution in [2.75, 3.05) is 6.54 Å². The van der Waals surface area contributed by atoms with E-state index in [-0.39, 0.29) is 0 Å². The van der Waals surface area contributed by atoms with Gasteiger partial charge in [-0.25, -0.2) is 0 Å². The number of furan rings is 1. The molecule has 0 aliphatic heterocycles. The lowest BCUT2D eigenvalue weighted by Crippen LogP contribution is -2.28. The van der Waals surface area contributed by atoms with Gasteiger partial charge in [-0.2, -0.15) is 0 Å². The molecule has 1 aromatic carbocycles. The Balaban J connectivity index is 1.95. The van der Waals surface area contributed by atoms with Crippen molar-refractivity contribution in [3.8, 4) is 11.1 Å². The van der Waals surface area contributed by atoms with Crippen molar-refractivity contribution in [2.24, 2.45) is 0 Å². The van der Waals surface area contributed by atoms with E-state index in [1.54, 1.807) is 12.5 Å². The van der Waals surface area contributed by atoms with Gasteiger partial charge in [-0.05, 0) is 43.5 Å². The maximum atomic E-state index is 5.10. The average molecular weight is 243 g/mol. The standard InChI is InChI=1S/C16H21NO/c1-3-9-17-13(2)11-14-4-6-15(7-5-14)16-8-10-18-12-16/h4-8,10,12-13,17H,3,9,11H2,1-2H3. The van der Waals surface area contributed by atoms with Gasteiger partial charge in [0, 0.05) is 11.6 Å². The van der Waals surface area contributed by atoms with Gasteiger partial charge in [0.2, 0.25) is 0 Å². The van der Waals surface area contributed by atoms with E-state index in [0.29, 0.717) is 6.04 Å². The highest BCUT2D eigenvalue weighted by Crippen LogP contribution is 2.20. The highest BCUT2D eigenvalue weighted by molar-refractivity contribution is 5.62. The summed E-state index contributed by atoms with van der Waals surface area (Å²) in [5, 5.41) is 3.51. The minimum absolute atomic E-state index is 0.532. The molecule has 1 heterocycles. The first kappa shape index (κ1) is 12.9. The summed E-state index contributed by atoms with van der Waals surface area (Å²) < 4.78 is 5.10. The predicted octanol–water partition coefficient (Wildman–Crippen LogP) is 3.88. The summed E-state index contributed by atoms with van der Waals surface area (Å²) in [4.78, 5) is 0. The lowest BCUT2D eigenvalue weighted by molar-refractivity contribution is 0.543. The molecular formula is C16H21NO. The van der Waals surface area contributed by atoms with Gasteiger partial charge >= 0.3 is 0 Å². The summed E-state index contributed by atoms with van der Waals surface area (Å²) in [5.74, 6) is 0. The number of hydrogen-bond acceptors (Lipinski definition) is 2. The maximum absolute atomic E-state index is 5.10. The normalized spacial score (nSPS) is 12.6. The highest BCUT2D eigenvalue weighted by Gasteiger charge is 2.03. The summed E-state index contributed by atoms with van der Waals surface area (Å²) in [6.45, 7) is 5.52. The van der Waals surface area contributed by atoms with Crippen LogP contribution in [0.5, 0.6) is 0 Å². The Morgan fingerprint density at radius 2 is 1.89 bits per heavy atom. The molecule has 0 spiro atoms. The van der Waals surface area contributed by atoms with Crippen LogP contribution in [0.15, 0.2) is 47.3 Å². The van der Waals surface area contributed by atoms with Crippen molar-refractivity contribution in [3.05, 3.63) is 48.4 Å². The van der Waals surface area contributed by atoms with Crippen LogP contribution >= 0.6 is 0 Å². The summed E-state index contributed by atoms with van der Waals surface area (Å²) in [7, 11) is 0. The molecule has 0 saturated heterocycles. The van der Waals surface area contributed by atoms with Crippen LogP contribution in [0.1, 0.15) is 25.8 Å². The molecule has 18 heavy (non-hydrogen) atoms. The molecule has 0 fully saturated rings. The monoisotopic (exact) mass is 243 g/mol. The minimum atomic E-state index is 0.532. The Morgan fingerprint density at radius 3 is 2.50 bits per heavy atom. The summed E-state index contributed by atoms with van der Waals surface area (Å²) in [5.41, 5.74) is 3.72. The highest BCUT2D eigenvalue weighted by atomic mass is 16.3. The van der Waals surface area contributed by atoms with Gasteiger partial charge in [0.15, 0.2) is 0 Å². The number of nitrogens with one attached hydrogen (secondary N) is 1. The first-order valence-corrected chi connectivity index (χ1v) is 6.64. The molecule has 1 N–H and O–H groups in total. The van der Waals surface area contributed by atoms with E-state index < -0.39 is 0 Å². The molecule has 0 aliphatic rings. The molecule has 2 aromatic rings. The van der Waals surface area contributed by atoms with Crippen molar-refractivity contribution < 1.29 is 4.42 Å². The van der Waals surface area contributed by atoms with E-state index in [2.05, 4.69) is 43.4 Å². The van der Waals surface area contributed by atoms with E-state index in [4.69, 9.17) is 4.42 Å². The van der Waals surface area contributed by atoms with E-state index >= 15 is 0 Å². The number of benzene rings is 1. The molecule has 96 valence electrons. The second kappa shape index (κ2) is 6.41. The van der Waals surface area contributed by atoms with E-state index in [1.807, 2.05) is 6.07 Å². The molecule has 2 rings (SSSR count). The van der Waals surface area contributed by atoms with Gasteiger partial charge in [0.25, 0.3) is 0 Å². The summed E-state index contributed by atoms with van der Waals surface area (Å²) in [6.07, 6.45) is 5.75. The molecule has 1 aromatic heterocycles. The van der Waals surface area contributed by atoms with E-state index in [9.17, 15) is 0 Å². The first-order valence-electron chi connectivity index (χ1n) is 6.64. The van der Waals surface area contributed by atoms with Crippen LogP contribution in [-0.4, -0.2) is 12.6 Å². The van der Waals surface area contributed by atoms with Gasteiger partial charge in [0.1, 0.15) is 0 Å². The molecule has 0 amide bonds. The third-order valence-electron chi connectivity index (χ3n) is 3.09. The molecule has 0 radical (unpaired) electrons. The fraction of sp³-hybridized carbons (Fsp3) is 0.375. The van der Waals surface area contributed by atoms with Crippen molar-refractivity contribution in [2.45, 2.75) is 32.7 Å². The first-order chi connectivity index (χ1) is 8.79. The van der Waals surface area contributed by atoms with Crippen LogP contribution in [0.25, 0.3) is 11.1 Å². The zero-order valence-corrected chi connectivity index (χ0v) is 11.1. The molecule has 1 atom stereocenters. The van der Waals surface area contributed by atoms with E-state index in [1.165, 1.54) is 17.5 Å². The predicted molar refractivity (Wildman–Crippen MR) is 75.6 cm³/mol. The minimum Gasteiger partial charge on any atom is -0.472 e. The van der Waals surface area contributed by atoms with Crippen LogP contribution in [0.2, 0.25) is 0 Å². The van der Waals surface area contributed by atoms with Crippen molar-refractivity contribution in [3.63, 3.8) is 0 Å². The fourth-order valence-corrected chi connectivity index (χ4v) is 2.08. The topological polar surface area (TPSA) is 25.2 Å². The molecule has 1 unspecified atom stereocenters. The second-order valence-electron chi connectivity index (χ2n) is 4.77. The lowest BCUT2D eigenvalue weighted by atomic mass is 10.0. The molecule has 0 saturated carbocycles. The van der Waals surface area contributed by atoms with Gasteiger partial charge in [-0.3, -0.25) is 0 Å². The zero-order chi connectivity index (χ0) is 12.8. The number of hydrogen-bond donors (Lipinski definition) is 1. The largest absolute Gasteiger partial charge is 0.472 e. The molecular weight excluding hydrogens is 222 g/mol. The second-order valence-corrected chi connectivity index (χ2v) is 4.77. The average Bonchev–Trinajstić information content (AvgIpc) is 2.91. The third kappa shape index (κ3) is 3.47. The Kier molecular flexibility index (Phi) is 4.59. The molecule has 0 bridgehead atoms. The smallest absolute Gasteiger partial charge is 0.0980 e. The fourth-order valence-electron chi connectivity index (χ4n) is 2.08. The SMILES string of the molecule is CCCNC(C)Cc1ccc(-c2ccoc2)cc1. The van der Waals surface area contributed by atoms with E-state index in [0.717, 1.165) is 18.5 Å². The zero-order valence-electron chi connectivity index (χ0n) is 11.1. The quantitative estimate of drug-likeness (QED) is 0.833. The Hall–Kier alpha value is -1.54. The van der Waals surface area contributed by atoms with Crippen LogP contribution in [0.3, 0.4) is 0 Å². The van der Waals surface area contributed by atoms with Gasteiger partial charge in [-0.15, -0.1) is 0 Å². The summed E-state index contributed by atoms with van der Waals surface area (Å²) in [6, 6.07) is 11.2. The molecule has 2 nitrogen and oxygen atoms in total. The van der Waals surface area contributed by atoms with Gasteiger partial charge < -0.3 is 9.73 Å². The maximum Gasteiger partial charge on any atom is 0.0980 e. The molecule has 0 aliphatic carbocycles. The van der Waals surface area contributed by atoms with Crippen LogP contribution in [0, 0.1) is 0 Å². The Morgan fingerprint density at radius 1 is 1.11 bits per heavy atom. The van der Waals surface area contributed by atoms with Crippen molar-refractivity contribution >= 4 is 0 Å². The summed E-state index contributed by atoms with van der Waals surface area (Å²) >= 11 is 0. The van der Waals surface area contributed by atoms with Crippen LogP contribution in [0.4, 0.5) is 0 Å². The molecule has 2 heteroatoms.